The minimum atomic E-state index is -0.232. The molecule has 27 heavy (non-hydrogen) atoms. The van der Waals surface area contributed by atoms with Crippen LogP contribution >= 0.6 is 24.0 Å². The van der Waals surface area contributed by atoms with Crippen molar-refractivity contribution < 1.29 is 14.2 Å². The van der Waals surface area contributed by atoms with Gasteiger partial charge in [0.2, 0.25) is 0 Å². The number of guanidine groups is 1. The fraction of sp³-hybridized carbons (Fsp3) is 0.316. The number of rotatable bonds is 4. The van der Waals surface area contributed by atoms with Gasteiger partial charge in [-0.25, -0.2) is 9.38 Å². The molecule has 0 atom stereocenters. The van der Waals surface area contributed by atoms with Crippen molar-refractivity contribution in [3.63, 3.8) is 0 Å². The molecule has 1 aliphatic heterocycles. The molecule has 0 radical (unpaired) electrons. The molecule has 0 unspecified atom stereocenters. The number of nitrogens with two attached hydrogens (primary N) is 1. The summed E-state index contributed by atoms with van der Waals surface area (Å²) in [6, 6.07) is 11.8. The van der Waals surface area contributed by atoms with Gasteiger partial charge < -0.3 is 25.4 Å². The molecule has 3 N–H and O–H groups in total. The van der Waals surface area contributed by atoms with Crippen molar-refractivity contribution in [3.05, 3.63) is 53.8 Å². The van der Waals surface area contributed by atoms with Gasteiger partial charge in [0.25, 0.3) is 0 Å². The molecule has 0 saturated carbocycles. The first-order valence-electron chi connectivity index (χ1n) is 8.48. The Hall–Kier alpha value is -2.23. The monoisotopic (exact) mass is 486 g/mol. The van der Waals surface area contributed by atoms with Crippen LogP contribution in [0.4, 0.5) is 10.1 Å². The minimum Gasteiger partial charge on any atom is -0.504 e. The lowest BCUT2D eigenvalue weighted by atomic mass is 10.2. The van der Waals surface area contributed by atoms with E-state index in [9.17, 15) is 9.50 Å². The molecule has 1 heterocycles. The Morgan fingerprint density at radius 3 is 2.44 bits per heavy atom. The van der Waals surface area contributed by atoms with Crippen molar-refractivity contribution in [3.8, 4) is 11.5 Å². The summed E-state index contributed by atoms with van der Waals surface area (Å²) in [5.74, 6) is 0.729. The molecule has 2 aromatic carbocycles. The maximum absolute atomic E-state index is 13.0. The summed E-state index contributed by atoms with van der Waals surface area (Å²) in [7, 11) is 1.51. The number of halogens is 2. The maximum Gasteiger partial charge on any atom is 0.191 e. The molecule has 0 spiro atoms. The third-order valence-electron chi connectivity index (χ3n) is 4.51. The molecule has 2 aromatic rings. The molecule has 1 fully saturated rings. The number of benzene rings is 2. The van der Waals surface area contributed by atoms with E-state index < -0.39 is 0 Å². The Morgan fingerprint density at radius 2 is 1.81 bits per heavy atom. The summed E-state index contributed by atoms with van der Waals surface area (Å²) in [6.45, 7) is 3.32. The van der Waals surface area contributed by atoms with E-state index in [1.54, 1.807) is 30.3 Å². The first-order chi connectivity index (χ1) is 12.6. The Kier molecular flexibility index (Phi) is 7.52. The van der Waals surface area contributed by atoms with Crippen molar-refractivity contribution in [1.29, 1.82) is 0 Å². The zero-order valence-electron chi connectivity index (χ0n) is 15.1. The number of aliphatic imine (C=N–C) groups is 1. The van der Waals surface area contributed by atoms with Crippen molar-refractivity contribution >= 4 is 35.6 Å². The number of hydrogen-bond donors (Lipinski definition) is 2. The van der Waals surface area contributed by atoms with E-state index in [0.717, 1.165) is 31.9 Å². The fourth-order valence-corrected chi connectivity index (χ4v) is 2.97. The second kappa shape index (κ2) is 9.63. The predicted molar refractivity (Wildman–Crippen MR) is 116 cm³/mol. The number of hydrogen-bond acceptors (Lipinski definition) is 4. The van der Waals surface area contributed by atoms with E-state index in [4.69, 9.17) is 10.5 Å². The van der Waals surface area contributed by atoms with Gasteiger partial charge in [-0.15, -0.1) is 24.0 Å². The van der Waals surface area contributed by atoms with E-state index in [2.05, 4.69) is 9.89 Å². The molecule has 1 saturated heterocycles. The molecule has 0 amide bonds. The standard InChI is InChI=1S/C19H23FN4O2.HI/c1-26-17-4-2-3-14(18(17)25)13-22-19(21)24-11-9-23(10-12-24)16-7-5-15(20)6-8-16;/h2-8,25H,9-13H2,1H3,(H2,21,22);1H. The largest absolute Gasteiger partial charge is 0.504 e. The number of piperazine rings is 1. The highest BCUT2D eigenvalue weighted by molar-refractivity contribution is 14.0. The van der Waals surface area contributed by atoms with Crippen LogP contribution in [0.1, 0.15) is 5.56 Å². The SMILES string of the molecule is COc1cccc(CN=C(N)N2CCN(c3ccc(F)cc3)CC2)c1O.I. The normalized spacial score (nSPS) is 14.7. The van der Waals surface area contributed by atoms with Gasteiger partial charge in [0.05, 0.1) is 13.7 Å². The van der Waals surface area contributed by atoms with E-state index in [-0.39, 0.29) is 42.1 Å². The van der Waals surface area contributed by atoms with Crippen molar-refractivity contribution in [2.45, 2.75) is 6.54 Å². The van der Waals surface area contributed by atoms with Crippen LogP contribution in [-0.4, -0.2) is 49.3 Å². The number of ether oxygens (including phenoxy) is 1. The number of nitrogens with zero attached hydrogens (tertiary/aromatic N) is 3. The molecular weight excluding hydrogens is 462 g/mol. The average Bonchev–Trinajstić information content (AvgIpc) is 2.68. The highest BCUT2D eigenvalue weighted by atomic mass is 127. The lowest BCUT2D eigenvalue weighted by molar-refractivity contribution is 0.370. The van der Waals surface area contributed by atoms with Gasteiger partial charge in [-0.2, -0.15) is 0 Å². The highest BCUT2D eigenvalue weighted by Crippen LogP contribution is 2.29. The van der Waals surface area contributed by atoms with E-state index >= 15 is 0 Å². The van der Waals surface area contributed by atoms with Crippen LogP contribution in [0.5, 0.6) is 11.5 Å². The van der Waals surface area contributed by atoms with Crippen molar-refractivity contribution in [2.24, 2.45) is 10.7 Å². The fourth-order valence-electron chi connectivity index (χ4n) is 2.97. The van der Waals surface area contributed by atoms with Gasteiger partial charge in [0.1, 0.15) is 5.82 Å². The van der Waals surface area contributed by atoms with Crippen LogP contribution < -0.4 is 15.4 Å². The van der Waals surface area contributed by atoms with Crippen LogP contribution in [-0.2, 0) is 6.54 Å². The van der Waals surface area contributed by atoms with Gasteiger partial charge in [-0.05, 0) is 30.3 Å². The quantitative estimate of drug-likeness (QED) is 0.395. The first kappa shape index (κ1) is 21.1. The minimum absolute atomic E-state index is 0. The number of methoxy groups -OCH3 is 1. The molecule has 6 nitrogen and oxygen atoms in total. The van der Waals surface area contributed by atoms with Gasteiger partial charge in [0.15, 0.2) is 17.5 Å². The highest BCUT2D eigenvalue weighted by Gasteiger charge is 2.18. The first-order valence-corrected chi connectivity index (χ1v) is 8.48. The third kappa shape index (κ3) is 5.15. The summed E-state index contributed by atoms with van der Waals surface area (Å²) >= 11 is 0. The summed E-state index contributed by atoms with van der Waals surface area (Å²) < 4.78 is 18.1. The lowest BCUT2D eigenvalue weighted by Gasteiger charge is -2.36. The Bertz CT molecular complexity index is 778. The van der Waals surface area contributed by atoms with Crippen LogP contribution in [0.3, 0.4) is 0 Å². The molecule has 3 rings (SSSR count). The lowest BCUT2D eigenvalue weighted by Crippen LogP contribution is -2.51. The second-order valence-corrected chi connectivity index (χ2v) is 6.09. The third-order valence-corrected chi connectivity index (χ3v) is 4.51. The van der Waals surface area contributed by atoms with Crippen LogP contribution in [0.2, 0.25) is 0 Å². The topological polar surface area (TPSA) is 74.3 Å². The number of phenolic OH excluding ortho intramolecular Hbond substituents is 1. The van der Waals surface area contributed by atoms with Crippen LogP contribution in [0, 0.1) is 5.82 Å². The molecule has 146 valence electrons. The Morgan fingerprint density at radius 1 is 1.15 bits per heavy atom. The molecular formula is C19H24FIN4O2. The average molecular weight is 486 g/mol. The van der Waals surface area contributed by atoms with E-state index in [1.807, 2.05) is 4.90 Å². The predicted octanol–water partition coefficient (Wildman–Crippen LogP) is 2.79. The van der Waals surface area contributed by atoms with Crippen LogP contribution in [0.25, 0.3) is 0 Å². The summed E-state index contributed by atoms with van der Waals surface area (Å²) in [5.41, 5.74) is 7.78. The molecule has 0 aliphatic carbocycles. The van der Waals surface area contributed by atoms with Crippen LogP contribution in [0.15, 0.2) is 47.5 Å². The second-order valence-electron chi connectivity index (χ2n) is 6.09. The van der Waals surface area contributed by atoms with Crippen molar-refractivity contribution in [1.82, 2.24) is 4.90 Å². The zero-order chi connectivity index (χ0) is 18.5. The molecule has 0 bridgehead atoms. The molecule has 0 aromatic heterocycles. The summed E-state index contributed by atoms with van der Waals surface area (Å²) in [6.07, 6.45) is 0. The Labute approximate surface area is 175 Å². The number of phenols is 1. The number of para-hydroxylation sites is 1. The van der Waals surface area contributed by atoms with Gasteiger partial charge in [-0.3, -0.25) is 0 Å². The molecule has 8 heteroatoms. The number of anilines is 1. The van der Waals surface area contributed by atoms with E-state index in [1.165, 1.54) is 19.2 Å². The maximum atomic E-state index is 13.0. The smallest absolute Gasteiger partial charge is 0.191 e. The summed E-state index contributed by atoms with van der Waals surface area (Å²) in [4.78, 5) is 8.60. The zero-order valence-corrected chi connectivity index (χ0v) is 17.5. The van der Waals surface area contributed by atoms with E-state index in [0.29, 0.717) is 17.3 Å². The van der Waals surface area contributed by atoms with Gasteiger partial charge in [-0.1, -0.05) is 12.1 Å². The summed E-state index contributed by atoms with van der Waals surface area (Å²) in [5, 5.41) is 10.1. The van der Waals surface area contributed by atoms with Gasteiger partial charge >= 0.3 is 0 Å². The van der Waals surface area contributed by atoms with Crippen molar-refractivity contribution in [2.75, 3.05) is 38.2 Å². The van der Waals surface area contributed by atoms with Gasteiger partial charge in [0, 0.05) is 37.4 Å². The Balaban J connectivity index is 0.00000261. The molecule has 1 aliphatic rings. The number of aromatic hydroxyl groups is 1.